The van der Waals surface area contributed by atoms with Crippen molar-refractivity contribution in [2.24, 2.45) is 5.41 Å². The van der Waals surface area contributed by atoms with Gasteiger partial charge in [0, 0.05) is 11.9 Å². The van der Waals surface area contributed by atoms with Gasteiger partial charge in [0.15, 0.2) is 0 Å². The standard InChI is InChI=1S/C20H25N3O2/c1-6-25-19(24)20(4,5)11-23-12-21-17-16(13(2)3)22-15-10-8-7-9-14(15)18(17)23/h7-10,12-13H,6,11H2,1-5H3. The van der Waals surface area contributed by atoms with Crippen molar-refractivity contribution in [3.8, 4) is 0 Å². The van der Waals surface area contributed by atoms with Gasteiger partial charge in [-0.05, 0) is 32.8 Å². The molecule has 0 fully saturated rings. The zero-order valence-corrected chi connectivity index (χ0v) is 15.5. The maximum absolute atomic E-state index is 12.3. The van der Waals surface area contributed by atoms with E-state index >= 15 is 0 Å². The molecule has 3 rings (SSSR count). The smallest absolute Gasteiger partial charge is 0.313 e. The fourth-order valence-electron chi connectivity index (χ4n) is 3.15. The van der Waals surface area contributed by atoms with Crippen molar-refractivity contribution in [2.75, 3.05) is 6.61 Å². The van der Waals surface area contributed by atoms with E-state index in [1.807, 2.05) is 45.3 Å². The van der Waals surface area contributed by atoms with E-state index in [0.717, 1.165) is 27.6 Å². The number of hydrogen-bond acceptors (Lipinski definition) is 4. The molecule has 0 bridgehead atoms. The van der Waals surface area contributed by atoms with Gasteiger partial charge >= 0.3 is 5.97 Å². The van der Waals surface area contributed by atoms with E-state index in [4.69, 9.17) is 9.72 Å². The fraction of sp³-hybridized carbons (Fsp3) is 0.450. The summed E-state index contributed by atoms with van der Waals surface area (Å²) in [6, 6.07) is 8.08. The second-order valence-electron chi connectivity index (χ2n) is 7.34. The predicted molar refractivity (Wildman–Crippen MR) is 99.5 cm³/mol. The van der Waals surface area contributed by atoms with Gasteiger partial charge in [-0.1, -0.05) is 32.0 Å². The molecule has 0 radical (unpaired) electrons. The highest BCUT2D eigenvalue weighted by atomic mass is 16.5. The summed E-state index contributed by atoms with van der Waals surface area (Å²) in [6.07, 6.45) is 1.81. The molecule has 0 atom stereocenters. The van der Waals surface area contributed by atoms with Crippen LogP contribution in [0.4, 0.5) is 0 Å². The Labute approximate surface area is 148 Å². The number of fused-ring (bicyclic) bond motifs is 3. The molecule has 0 saturated carbocycles. The number of pyridine rings is 1. The normalized spacial score (nSPS) is 12.2. The SMILES string of the molecule is CCOC(=O)C(C)(C)Cn1cnc2c(C(C)C)nc3ccccc3c21. The summed E-state index contributed by atoms with van der Waals surface area (Å²) in [5.41, 5.74) is 3.25. The highest BCUT2D eigenvalue weighted by Gasteiger charge is 2.31. The third-order valence-electron chi connectivity index (χ3n) is 4.42. The Morgan fingerprint density at radius 2 is 2.00 bits per heavy atom. The van der Waals surface area contributed by atoms with Gasteiger partial charge in [0.25, 0.3) is 0 Å². The van der Waals surface area contributed by atoms with Gasteiger partial charge in [0.05, 0.1) is 35.1 Å². The number of nitrogens with zero attached hydrogens (tertiary/aromatic N) is 3. The summed E-state index contributed by atoms with van der Waals surface area (Å²) in [6.45, 7) is 10.8. The molecule has 0 spiro atoms. The molecule has 0 N–H and O–H groups in total. The number of benzene rings is 1. The predicted octanol–water partition coefficient (Wildman–Crippen LogP) is 4.30. The number of ether oxygens (including phenoxy) is 1. The largest absolute Gasteiger partial charge is 0.466 e. The van der Waals surface area contributed by atoms with Crippen molar-refractivity contribution < 1.29 is 9.53 Å². The molecule has 1 aromatic carbocycles. The lowest BCUT2D eigenvalue weighted by Gasteiger charge is -2.23. The first-order valence-electron chi connectivity index (χ1n) is 8.76. The van der Waals surface area contributed by atoms with Crippen LogP contribution in [0.25, 0.3) is 21.9 Å². The Kier molecular flexibility index (Phi) is 4.50. The van der Waals surface area contributed by atoms with Crippen LogP contribution in [0, 0.1) is 5.41 Å². The van der Waals surface area contributed by atoms with Crippen LogP contribution in [0.5, 0.6) is 0 Å². The number of carbonyl (C=O) groups excluding carboxylic acids is 1. The van der Waals surface area contributed by atoms with Crippen molar-refractivity contribution in [2.45, 2.75) is 47.1 Å². The molecule has 0 aliphatic rings. The molecule has 25 heavy (non-hydrogen) atoms. The Hall–Kier alpha value is -2.43. The van der Waals surface area contributed by atoms with Crippen LogP contribution in [0.1, 0.15) is 46.2 Å². The molecular formula is C20H25N3O2. The molecule has 0 aliphatic carbocycles. The van der Waals surface area contributed by atoms with E-state index in [9.17, 15) is 4.79 Å². The molecule has 0 unspecified atom stereocenters. The molecule has 132 valence electrons. The first-order chi connectivity index (χ1) is 11.8. The summed E-state index contributed by atoms with van der Waals surface area (Å²) < 4.78 is 7.29. The second kappa shape index (κ2) is 6.47. The monoisotopic (exact) mass is 339 g/mol. The molecule has 5 nitrogen and oxygen atoms in total. The summed E-state index contributed by atoms with van der Waals surface area (Å²) in [7, 11) is 0. The van der Waals surface area contributed by atoms with Crippen LogP contribution in [-0.4, -0.2) is 27.1 Å². The van der Waals surface area contributed by atoms with Crippen LogP contribution in [-0.2, 0) is 16.1 Å². The van der Waals surface area contributed by atoms with Gasteiger partial charge in [0.2, 0.25) is 0 Å². The highest BCUT2D eigenvalue weighted by molar-refractivity contribution is 6.03. The van der Waals surface area contributed by atoms with Crippen molar-refractivity contribution in [3.63, 3.8) is 0 Å². The van der Waals surface area contributed by atoms with Crippen molar-refractivity contribution in [1.29, 1.82) is 0 Å². The van der Waals surface area contributed by atoms with Crippen LogP contribution in [0.2, 0.25) is 0 Å². The Morgan fingerprint density at radius 3 is 2.68 bits per heavy atom. The van der Waals surface area contributed by atoms with Crippen LogP contribution in [0.3, 0.4) is 0 Å². The molecule has 2 heterocycles. The third kappa shape index (κ3) is 3.11. The van der Waals surface area contributed by atoms with Crippen molar-refractivity contribution in [3.05, 3.63) is 36.3 Å². The lowest BCUT2D eigenvalue weighted by atomic mass is 9.93. The zero-order chi connectivity index (χ0) is 18.2. The Morgan fingerprint density at radius 1 is 1.28 bits per heavy atom. The lowest BCUT2D eigenvalue weighted by Crippen LogP contribution is -2.31. The van der Waals surface area contributed by atoms with Gasteiger partial charge in [-0.3, -0.25) is 9.78 Å². The lowest BCUT2D eigenvalue weighted by molar-refractivity contribution is -0.154. The summed E-state index contributed by atoms with van der Waals surface area (Å²) in [5.74, 6) is 0.0767. The molecule has 2 aromatic heterocycles. The minimum Gasteiger partial charge on any atom is -0.466 e. The minimum absolute atomic E-state index is 0.195. The van der Waals surface area contributed by atoms with E-state index in [-0.39, 0.29) is 11.9 Å². The van der Waals surface area contributed by atoms with Gasteiger partial charge in [0.1, 0.15) is 5.52 Å². The van der Waals surface area contributed by atoms with E-state index in [1.54, 1.807) is 0 Å². The number of rotatable bonds is 5. The highest BCUT2D eigenvalue weighted by Crippen LogP contribution is 2.31. The molecule has 5 heteroatoms. The number of esters is 1. The van der Waals surface area contributed by atoms with E-state index < -0.39 is 5.41 Å². The number of imidazole rings is 1. The van der Waals surface area contributed by atoms with Crippen LogP contribution >= 0.6 is 0 Å². The van der Waals surface area contributed by atoms with Crippen LogP contribution in [0.15, 0.2) is 30.6 Å². The summed E-state index contributed by atoms with van der Waals surface area (Å²) in [5, 5.41) is 1.05. The average Bonchev–Trinajstić information content (AvgIpc) is 2.97. The quantitative estimate of drug-likeness (QED) is 0.650. The van der Waals surface area contributed by atoms with Gasteiger partial charge in [-0.25, -0.2) is 4.98 Å². The van der Waals surface area contributed by atoms with E-state index in [2.05, 4.69) is 29.5 Å². The van der Waals surface area contributed by atoms with Crippen LogP contribution < -0.4 is 0 Å². The van der Waals surface area contributed by atoms with E-state index in [0.29, 0.717) is 13.2 Å². The molecule has 0 aliphatic heterocycles. The molecule has 0 amide bonds. The molecular weight excluding hydrogens is 314 g/mol. The number of aromatic nitrogens is 3. The first-order valence-corrected chi connectivity index (χ1v) is 8.76. The van der Waals surface area contributed by atoms with Gasteiger partial charge in [-0.15, -0.1) is 0 Å². The minimum atomic E-state index is -0.633. The number of hydrogen-bond donors (Lipinski definition) is 0. The average molecular weight is 339 g/mol. The maximum Gasteiger partial charge on any atom is 0.313 e. The fourth-order valence-corrected chi connectivity index (χ4v) is 3.15. The van der Waals surface area contributed by atoms with Crippen molar-refractivity contribution >= 4 is 27.9 Å². The Bertz CT molecular complexity index is 925. The number of carbonyl (C=O) groups is 1. The van der Waals surface area contributed by atoms with E-state index in [1.165, 1.54) is 0 Å². The Balaban J connectivity index is 2.19. The van der Waals surface area contributed by atoms with Gasteiger partial charge < -0.3 is 9.30 Å². The maximum atomic E-state index is 12.3. The first kappa shape index (κ1) is 17.4. The third-order valence-corrected chi connectivity index (χ3v) is 4.42. The topological polar surface area (TPSA) is 57.0 Å². The zero-order valence-electron chi connectivity index (χ0n) is 15.5. The molecule has 0 saturated heterocycles. The number of para-hydroxylation sites is 1. The summed E-state index contributed by atoms with van der Waals surface area (Å²) in [4.78, 5) is 21.7. The van der Waals surface area contributed by atoms with Gasteiger partial charge in [-0.2, -0.15) is 0 Å². The summed E-state index contributed by atoms with van der Waals surface area (Å²) >= 11 is 0. The van der Waals surface area contributed by atoms with Crippen molar-refractivity contribution in [1.82, 2.24) is 14.5 Å². The second-order valence-corrected chi connectivity index (χ2v) is 7.34. The molecule has 3 aromatic rings.